The number of aryl methyl sites for hydroxylation is 1. The van der Waals surface area contributed by atoms with E-state index in [1.165, 1.54) is 0 Å². The molecule has 0 atom stereocenters. The Hall–Kier alpha value is -2.10. The lowest BCUT2D eigenvalue weighted by Gasteiger charge is -1.99. The van der Waals surface area contributed by atoms with Gasteiger partial charge in [-0.25, -0.2) is 4.98 Å². The molecule has 0 saturated heterocycles. The van der Waals surface area contributed by atoms with Gasteiger partial charge in [0.05, 0.1) is 6.20 Å². The number of aromatic nitrogens is 1. The number of primary amides is 1. The molecule has 0 spiro atoms. The van der Waals surface area contributed by atoms with Gasteiger partial charge in [0.15, 0.2) is 5.89 Å². The molecule has 1 heterocycles. The molecule has 4 heteroatoms. The Bertz CT molecular complexity index is 500. The summed E-state index contributed by atoms with van der Waals surface area (Å²) in [4.78, 5) is 14.9. The molecule has 4 nitrogen and oxygen atoms in total. The molecule has 2 N–H and O–H groups in total. The summed E-state index contributed by atoms with van der Waals surface area (Å²) in [6.45, 7) is 1.81. The summed E-state index contributed by atoms with van der Waals surface area (Å²) in [6.07, 6.45) is 2.37. The van der Waals surface area contributed by atoms with Crippen molar-refractivity contribution in [1.82, 2.24) is 4.98 Å². The third-order valence-corrected chi connectivity index (χ3v) is 2.29. The molecule has 1 amide bonds. The Labute approximate surface area is 93.1 Å². The minimum atomic E-state index is -0.415. The molecular formula is C12H12N2O2. The van der Waals surface area contributed by atoms with Crippen molar-refractivity contribution >= 4 is 5.91 Å². The van der Waals surface area contributed by atoms with E-state index in [0.29, 0.717) is 17.9 Å². The lowest BCUT2D eigenvalue weighted by atomic mass is 10.1. The minimum Gasteiger partial charge on any atom is -0.446 e. The summed E-state index contributed by atoms with van der Waals surface area (Å²) in [7, 11) is 0. The lowest BCUT2D eigenvalue weighted by molar-refractivity contribution is 0.100. The van der Waals surface area contributed by atoms with Crippen LogP contribution in [0.3, 0.4) is 0 Å². The van der Waals surface area contributed by atoms with Gasteiger partial charge in [-0.05, 0) is 17.7 Å². The quantitative estimate of drug-likeness (QED) is 0.848. The molecule has 16 heavy (non-hydrogen) atoms. The Morgan fingerprint density at radius 3 is 2.56 bits per heavy atom. The van der Waals surface area contributed by atoms with Crippen molar-refractivity contribution in [3.63, 3.8) is 0 Å². The van der Waals surface area contributed by atoms with E-state index in [1.54, 1.807) is 25.3 Å². The van der Waals surface area contributed by atoms with Gasteiger partial charge in [-0.3, -0.25) is 4.79 Å². The normalized spacial score (nSPS) is 10.3. The topological polar surface area (TPSA) is 69.1 Å². The molecule has 0 saturated carbocycles. The number of carbonyl (C=O) groups is 1. The number of nitrogens with two attached hydrogens (primary N) is 1. The van der Waals surface area contributed by atoms with Crippen molar-refractivity contribution < 1.29 is 9.21 Å². The Morgan fingerprint density at radius 2 is 2.06 bits per heavy atom. The standard InChI is InChI=1S/C12H12N2O2/c1-8-14-7-11(16-8)6-9-2-4-10(5-3-9)12(13)15/h2-5,7H,6H2,1H3,(H2,13,15). The van der Waals surface area contributed by atoms with Crippen molar-refractivity contribution in [2.24, 2.45) is 5.73 Å². The number of hydrogen-bond acceptors (Lipinski definition) is 3. The van der Waals surface area contributed by atoms with Crippen LogP contribution in [-0.2, 0) is 6.42 Å². The molecule has 2 rings (SSSR count). The summed E-state index contributed by atoms with van der Waals surface area (Å²) in [6, 6.07) is 7.14. The summed E-state index contributed by atoms with van der Waals surface area (Å²) in [5.74, 6) is 1.05. The van der Waals surface area contributed by atoms with Crippen LogP contribution in [0, 0.1) is 6.92 Å². The van der Waals surface area contributed by atoms with E-state index >= 15 is 0 Å². The predicted octanol–water partition coefficient (Wildman–Crippen LogP) is 1.67. The fourth-order valence-corrected chi connectivity index (χ4v) is 1.48. The van der Waals surface area contributed by atoms with Gasteiger partial charge in [-0.2, -0.15) is 0 Å². The average molecular weight is 216 g/mol. The number of hydrogen-bond donors (Lipinski definition) is 1. The Kier molecular flexibility index (Phi) is 2.72. The molecule has 0 radical (unpaired) electrons. The predicted molar refractivity (Wildman–Crippen MR) is 59.0 cm³/mol. The zero-order valence-electron chi connectivity index (χ0n) is 8.93. The van der Waals surface area contributed by atoms with Crippen molar-refractivity contribution in [2.45, 2.75) is 13.3 Å². The number of rotatable bonds is 3. The summed E-state index contributed by atoms with van der Waals surface area (Å²) in [5.41, 5.74) is 6.72. The van der Waals surface area contributed by atoms with Gasteiger partial charge in [-0.1, -0.05) is 12.1 Å². The molecule has 0 aliphatic carbocycles. The molecule has 0 aliphatic rings. The molecule has 0 unspecified atom stereocenters. The molecule has 0 bridgehead atoms. The molecule has 1 aromatic heterocycles. The zero-order valence-corrected chi connectivity index (χ0v) is 8.93. The fraction of sp³-hybridized carbons (Fsp3) is 0.167. The van der Waals surface area contributed by atoms with Gasteiger partial charge in [-0.15, -0.1) is 0 Å². The van der Waals surface area contributed by atoms with Crippen LogP contribution >= 0.6 is 0 Å². The third kappa shape index (κ3) is 2.28. The number of carbonyl (C=O) groups excluding carboxylic acids is 1. The number of nitrogens with zero attached hydrogens (tertiary/aromatic N) is 1. The van der Waals surface area contributed by atoms with Crippen LogP contribution in [0.2, 0.25) is 0 Å². The van der Waals surface area contributed by atoms with Gasteiger partial charge in [0.2, 0.25) is 5.91 Å². The van der Waals surface area contributed by atoms with E-state index in [0.717, 1.165) is 11.3 Å². The van der Waals surface area contributed by atoms with E-state index in [-0.39, 0.29) is 0 Å². The summed E-state index contributed by atoms with van der Waals surface area (Å²) >= 11 is 0. The van der Waals surface area contributed by atoms with Gasteiger partial charge >= 0.3 is 0 Å². The molecular weight excluding hydrogens is 204 g/mol. The second-order valence-corrected chi connectivity index (χ2v) is 3.58. The van der Waals surface area contributed by atoms with Gasteiger partial charge in [0, 0.05) is 18.9 Å². The second-order valence-electron chi connectivity index (χ2n) is 3.58. The highest BCUT2D eigenvalue weighted by Crippen LogP contribution is 2.11. The second kappa shape index (κ2) is 4.18. The highest BCUT2D eigenvalue weighted by atomic mass is 16.3. The summed E-state index contributed by atoms with van der Waals surface area (Å²) in [5, 5.41) is 0. The van der Waals surface area contributed by atoms with Crippen LogP contribution in [0.15, 0.2) is 34.9 Å². The van der Waals surface area contributed by atoms with Crippen LogP contribution in [0.4, 0.5) is 0 Å². The maximum absolute atomic E-state index is 10.9. The number of amides is 1. The zero-order chi connectivity index (χ0) is 11.5. The Balaban J connectivity index is 2.14. The fourth-order valence-electron chi connectivity index (χ4n) is 1.48. The van der Waals surface area contributed by atoms with Crippen LogP contribution in [-0.4, -0.2) is 10.9 Å². The first kappa shape index (κ1) is 10.4. The molecule has 0 aliphatic heterocycles. The van der Waals surface area contributed by atoms with Crippen molar-refractivity contribution in [3.8, 4) is 0 Å². The highest BCUT2D eigenvalue weighted by Gasteiger charge is 2.03. The summed E-state index contributed by atoms with van der Waals surface area (Å²) < 4.78 is 5.36. The Morgan fingerprint density at radius 1 is 1.38 bits per heavy atom. The number of oxazole rings is 1. The van der Waals surface area contributed by atoms with E-state index in [2.05, 4.69) is 4.98 Å². The van der Waals surface area contributed by atoms with Crippen molar-refractivity contribution in [2.75, 3.05) is 0 Å². The van der Waals surface area contributed by atoms with E-state index < -0.39 is 5.91 Å². The first-order valence-electron chi connectivity index (χ1n) is 4.95. The lowest BCUT2D eigenvalue weighted by Crippen LogP contribution is -2.10. The van der Waals surface area contributed by atoms with E-state index in [9.17, 15) is 4.79 Å². The van der Waals surface area contributed by atoms with Gasteiger partial charge in [0.25, 0.3) is 0 Å². The van der Waals surface area contributed by atoms with Crippen molar-refractivity contribution in [1.29, 1.82) is 0 Å². The number of benzene rings is 1. The SMILES string of the molecule is Cc1ncc(Cc2ccc(C(N)=O)cc2)o1. The largest absolute Gasteiger partial charge is 0.446 e. The highest BCUT2D eigenvalue weighted by molar-refractivity contribution is 5.92. The molecule has 0 fully saturated rings. The maximum Gasteiger partial charge on any atom is 0.248 e. The van der Waals surface area contributed by atoms with E-state index in [1.807, 2.05) is 12.1 Å². The maximum atomic E-state index is 10.9. The van der Waals surface area contributed by atoms with Crippen molar-refractivity contribution in [3.05, 3.63) is 53.2 Å². The minimum absolute atomic E-state index is 0.415. The van der Waals surface area contributed by atoms with Crippen LogP contribution in [0.5, 0.6) is 0 Å². The smallest absolute Gasteiger partial charge is 0.248 e. The van der Waals surface area contributed by atoms with Crippen LogP contribution in [0.1, 0.15) is 27.6 Å². The first-order chi connectivity index (χ1) is 7.65. The molecule has 1 aromatic carbocycles. The van der Waals surface area contributed by atoms with Crippen LogP contribution < -0.4 is 5.73 Å². The molecule has 2 aromatic rings. The molecule has 82 valence electrons. The monoisotopic (exact) mass is 216 g/mol. The average Bonchev–Trinajstić information content (AvgIpc) is 2.65. The first-order valence-corrected chi connectivity index (χ1v) is 4.95. The van der Waals surface area contributed by atoms with E-state index in [4.69, 9.17) is 10.2 Å². The van der Waals surface area contributed by atoms with Crippen LogP contribution in [0.25, 0.3) is 0 Å². The van der Waals surface area contributed by atoms with Gasteiger partial charge < -0.3 is 10.2 Å². The third-order valence-electron chi connectivity index (χ3n) is 2.29. The van der Waals surface area contributed by atoms with Gasteiger partial charge in [0.1, 0.15) is 5.76 Å².